The van der Waals surface area contributed by atoms with Crippen molar-refractivity contribution in [1.29, 1.82) is 0 Å². The van der Waals surface area contributed by atoms with Crippen LogP contribution < -0.4 is 13.8 Å². The van der Waals surface area contributed by atoms with Gasteiger partial charge in [-0.2, -0.15) is 0 Å². The zero-order valence-corrected chi connectivity index (χ0v) is 20.0. The van der Waals surface area contributed by atoms with E-state index >= 15 is 0 Å². The van der Waals surface area contributed by atoms with Crippen LogP contribution in [-0.2, 0) is 19.6 Å². The molecule has 0 spiro atoms. The van der Waals surface area contributed by atoms with Gasteiger partial charge in [-0.25, -0.2) is 17.5 Å². The molecule has 0 heterocycles. The second kappa shape index (κ2) is 11.0. The molecule has 0 aromatic heterocycles. The molecule has 2 aromatic rings. The molecule has 0 fully saturated rings. The second-order valence-electron chi connectivity index (χ2n) is 7.14. The number of anilines is 1. The summed E-state index contributed by atoms with van der Waals surface area (Å²) >= 11 is 0. The highest BCUT2D eigenvalue weighted by atomic mass is 32.2. The lowest BCUT2D eigenvalue weighted by Crippen LogP contribution is -2.36. The van der Waals surface area contributed by atoms with Gasteiger partial charge >= 0.3 is 5.97 Å². The second-order valence-corrected chi connectivity index (χ2v) is 8.97. The third kappa shape index (κ3) is 6.32. The zero-order valence-electron chi connectivity index (χ0n) is 19.2. The largest absolute Gasteiger partial charge is 0.496 e. The van der Waals surface area contributed by atoms with E-state index in [1.165, 1.54) is 44.6 Å². The van der Waals surface area contributed by atoms with Gasteiger partial charge in [-0.3, -0.25) is 9.59 Å². The zero-order chi connectivity index (χ0) is 24.8. The summed E-state index contributed by atoms with van der Waals surface area (Å²) < 4.78 is 40.8. The Labute approximate surface area is 193 Å². The Morgan fingerprint density at radius 2 is 1.64 bits per heavy atom. The van der Waals surface area contributed by atoms with Crippen molar-refractivity contribution in [2.24, 2.45) is 0 Å². The average Bonchev–Trinajstić information content (AvgIpc) is 2.76. The molecule has 0 atom stereocenters. The molecule has 0 saturated carbocycles. The highest BCUT2D eigenvalue weighted by Crippen LogP contribution is 2.30. The quantitative estimate of drug-likeness (QED) is 0.378. The van der Waals surface area contributed by atoms with Crippen molar-refractivity contribution in [2.45, 2.75) is 26.7 Å². The number of rotatable bonds is 10. The van der Waals surface area contributed by atoms with Crippen molar-refractivity contribution >= 4 is 33.4 Å². The summed E-state index contributed by atoms with van der Waals surface area (Å²) in [6.07, 6.45) is 0.234. The van der Waals surface area contributed by atoms with Crippen LogP contribution in [0, 0.1) is 6.92 Å². The van der Waals surface area contributed by atoms with Crippen LogP contribution in [0.1, 0.15) is 46.0 Å². The lowest BCUT2D eigenvalue weighted by atomic mass is 10.0. The van der Waals surface area contributed by atoms with Crippen molar-refractivity contribution < 1.29 is 37.0 Å². The molecule has 0 radical (unpaired) electrons. The Morgan fingerprint density at radius 1 is 0.970 bits per heavy atom. The molecule has 178 valence electrons. The highest BCUT2D eigenvalue weighted by molar-refractivity contribution is 7.92. The van der Waals surface area contributed by atoms with Gasteiger partial charge in [0.05, 0.1) is 43.9 Å². The maximum Gasteiger partial charge on any atom is 0.338 e. The third-order valence-corrected chi connectivity index (χ3v) is 5.81. The summed E-state index contributed by atoms with van der Waals surface area (Å²) in [5.41, 5.74) is 1.08. The number of Topliss-reactive ketones (excluding diaryl/α,β-unsaturated/α-hetero) is 1. The Kier molecular flexibility index (Phi) is 8.58. The summed E-state index contributed by atoms with van der Waals surface area (Å²) in [6, 6.07) is 8.72. The fourth-order valence-corrected chi connectivity index (χ4v) is 4.18. The van der Waals surface area contributed by atoms with E-state index in [-0.39, 0.29) is 36.3 Å². The molecule has 10 heteroatoms. The first-order valence-corrected chi connectivity index (χ1v) is 11.9. The molecule has 0 aliphatic carbocycles. The average molecular weight is 478 g/mol. The maximum absolute atomic E-state index is 12.9. The van der Waals surface area contributed by atoms with Crippen LogP contribution in [0.5, 0.6) is 11.5 Å². The van der Waals surface area contributed by atoms with Crippen LogP contribution in [0.2, 0.25) is 0 Å². The Hall–Kier alpha value is -3.40. The number of ketones is 1. The number of amides is 1. The highest BCUT2D eigenvalue weighted by Gasteiger charge is 2.27. The minimum atomic E-state index is -4.04. The van der Waals surface area contributed by atoms with Crippen molar-refractivity contribution in [3.05, 3.63) is 53.1 Å². The number of hydrogen-bond acceptors (Lipinski definition) is 8. The van der Waals surface area contributed by atoms with Crippen molar-refractivity contribution in [2.75, 3.05) is 31.4 Å². The number of esters is 1. The topological polar surface area (TPSA) is 116 Å². The summed E-state index contributed by atoms with van der Waals surface area (Å²) in [5, 5.41) is 0. The molecule has 0 unspecified atom stereocenters. The predicted octanol–water partition coefficient (Wildman–Crippen LogP) is 3.14. The number of carbonyl (C=O) groups is 3. The lowest BCUT2D eigenvalue weighted by molar-refractivity contribution is -0.117. The van der Waals surface area contributed by atoms with Gasteiger partial charge in [0, 0.05) is 12.8 Å². The van der Waals surface area contributed by atoms with Gasteiger partial charge in [0.25, 0.3) is 0 Å². The molecule has 33 heavy (non-hydrogen) atoms. The van der Waals surface area contributed by atoms with E-state index in [4.69, 9.17) is 14.2 Å². The van der Waals surface area contributed by atoms with E-state index in [1.54, 1.807) is 19.9 Å². The molecule has 2 rings (SSSR count). The molecular weight excluding hydrogens is 450 g/mol. The summed E-state index contributed by atoms with van der Waals surface area (Å²) in [5.74, 6) is -1.06. The number of nitrogens with zero attached hydrogens (tertiary/aromatic N) is 1. The summed E-state index contributed by atoms with van der Waals surface area (Å²) in [6.45, 7) is 3.59. The van der Waals surface area contributed by atoms with Gasteiger partial charge in [-0.15, -0.1) is 0 Å². The molecule has 1 amide bonds. The Balaban J connectivity index is 2.29. The fraction of sp³-hybridized carbons (Fsp3) is 0.348. The minimum Gasteiger partial charge on any atom is -0.496 e. The maximum atomic E-state index is 12.9. The van der Waals surface area contributed by atoms with E-state index in [9.17, 15) is 22.8 Å². The fourth-order valence-electron chi connectivity index (χ4n) is 3.22. The first kappa shape index (κ1) is 25.9. The molecular formula is C23H27NO8S. The summed E-state index contributed by atoms with van der Waals surface area (Å²) in [4.78, 5) is 37.7. The first-order valence-electron chi connectivity index (χ1n) is 10.1. The van der Waals surface area contributed by atoms with E-state index < -0.39 is 27.7 Å². The smallest absolute Gasteiger partial charge is 0.338 e. The number of aryl methyl sites for hydroxylation is 1. The van der Waals surface area contributed by atoms with Gasteiger partial charge in [0.2, 0.25) is 15.9 Å². The van der Waals surface area contributed by atoms with Gasteiger partial charge in [0.15, 0.2) is 5.78 Å². The molecule has 0 aliphatic rings. The van der Waals surface area contributed by atoms with E-state index in [1.807, 2.05) is 0 Å². The standard InChI is InChI=1S/C23H27NO8S/c1-6-32-23(27)16-8-7-9-17(13-16)24(33(5,28)29)22(26)11-10-19(25)18-14-20(30-3)15(2)12-21(18)31-4/h7-9,12-14H,6,10-11H2,1-5H3. The van der Waals surface area contributed by atoms with Crippen LogP contribution in [0.4, 0.5) is 5.69 Å². The number of carbonyl (C=O) groups excluding carboxylic acids is 3. The number of ether oxygens (including phenoxy) is 3. The minimum absolute atomic E-state index is 0.0184. The molecule has 0 bridgehead atoms. The number of benzene rings is 2. The number of hydrogen-bond donors (Lipinski definition) is 0. The van der Waals surface area contributed by atoms with Crippen LogP contribution in [0.3, 0.4) is 0 Å². The van der Waals surface area contributed by atoms with Crippen LogP contribution in [0.25, 0.3) is 0 Å². The van der Waals surface area contributed by atoms with E-state index in [2.05, 4.69) is 0 Å². The Morgan fingerprint density at radius 3 is 2.21 bits per heavy atom. The first-order chi connectivity index (χ1) is 15.5. The van der Waals surface area contributed by atoms with Gasteiger partial charge in [0.1, 0.15) is 11.5 Å². The number of methoxy groups -OCH3 is 2. The van der Waals surface area contributed by atoms with E-state index in [0.29, 0.717) is 15.8 Å². The van der Waals surface area contributed by atoms with Gasteiger partial charge in [-0.1, -0.05) is 6.07 Å². The van der Waals surface area contributed by atoms with Crippen molar-refractivity contribution in [3.63, 3.8) is 0 Å². The predicted molar refractivity (Wildman–Crippen MR) is 123 cm³/mol. The van der Waals surface area contributed by atoms with Crippen LogP contribution in [-0.4, -0.2) is 53.2 Å². The van der Waals surface area contributed by atoms with Gasteiger partial charge in [-0.05, 0) is 49.7 Å². The monoisotopic (exact) mass is 477 g/mol. The summed E-state index contributed by atoms with van der Waals surface area (Å²) in [7, 11) is -1.14. The molecule has 0 N–H and O–H groups in total. The molecule has 9 nitrogen and oxygen atoms in total. The van der Waals surface area contributed by atoms with Crippen molar-refractivity contribution in [1.82, 2.24) is 0 Å². The molecule has 0 aliphatic heterocycles. The number of sulfonamides is 1. The van der Waals surface area contributed by atoms with Crippen LogP contribution in [0.15, 0.2) is 36.4 Å². The SMILES string of the molecule is CCOC(=O)c1cccc(N(C(=O)CCC(=O)c2cc(OC)c(C)cc2OC)S(C)(=O)=O)c1. The Bertz CT molecular complexity index is 1160. The van der Waals surface area contributed by atoms with Gasteiger partial charge < -0.3 is 14.2 Å². The van der Waals surface area contributed by atoms with E-state index in [0.717, 1.165) is 11.8 Å². The lowest BCUT2D eigenvalue weighted by Gasteiger charge is -2.21. The molecule has 0 saturated heterocycles. The van der Waals surface area contributed by atoms with Crippen LogP contribution >= 0.6 is 0 Å². The van der Waals surface area contributed by atoms with Crippen molar-refractivity contribution in [3.8, 4) is 11.5 Å². The molecule has 2 aromatic carbocycles. The third-order valence-electron chi connectivity index (χ3n) is 4.73. The normalized spacial score (nSPS) is 10.9.